The summed E-state index contributed by atoms with van der Waals surface area (Å²) in [4.78, 5) is 0. The summed E-state index contributed by atoms with van der Waals surface area (Å²) in [5.41, 5.74) is 14.5. The van der Waals surface area contributed by atoms with Gasteiger partial charge in [0.2, 0.25) is 0 Å². The molecule has 0 aliphatic heterocycles. The number of benzene rings is 7. The summed E-state index contributed by atoms with van der Waals surface area (Å²) in [5, 5.41) is 4.97. The molecule has 2 aliphatic carbocycles. The van der Waals surface area contributed by atoms with Crippen LogP contribution in [0.3, 0.4) is 0 Å². The molecular weight excluding hydrogens is 565 g/mol. The second kappa shape index (κ2) is 8.38. The number of rotatable bonds is 1. The van der Waals surface area contributed by atoms with Crippen molar-refractivity contribution in [2.75, 3.05) is 0 Å². The van der Waals surface area contributed by atoms with Gasteiger partial charge in [-0.25, -0.2) is 0 Å². The maximum absolute atomic E-state index is 6.66. The molecule has 0 atom stereocenters. The maximum atomic E-state index is 6.66. The molecule has 1 spiro atoms. The quantitative estimate of drug-likeness (QED) is 0.186. The van der Waals surface area contributed by atoms with Crippen molar-refractivity contribution in [2.24, 2.45) is 0 Å². The van der Waals surface area contributed by atoms with E-state index in [1.165, 1.54) is 81.2 Å². The van der Waals surface area contributed by atoms with E-state index < -0.39 is 0 Å². The minimum absolute atomic E-state index is 0.365. The summed E-state index contributed by atoms with van der Waals surface area (Å²) in [5.74, 6) is 0. The summed E-state index contributed by atoms with van der Waals surface area (Å²) < 4.78 is 9.32. The van der Waals surface area contributed by atoms with Gasteiger partial charge in [-0.3, -0.25) is 0 Å². The number of hydrogen-bond acceptors (Lipinski definition) is 2. The standard InChI is InChI=1S/C43H24OS/c1-5-13-35-27(9-1)28-10-2-6-14-36(28)43(35)37-15-7-3-11-29(37)31-23-33-32-21-25(17-19-39(32)44-40(33)24-38(31)43)26-18-20-42-34(22-26)30-12-4-8-16-41(30)45-42/h1-24H. The van der Waals surface area contributed by atoms with Gasteiger partial charge in [0, 0.05) is 30.9 Å². The first-order valence-corrected chi connectivity index (χ1v) is 16.3. The van der Waals surface area contributed by atoms with Gasteiger partial charge in [0.05, 0.1) is 5.41 Å². The molecule has 2 heteroatoms. The highest BCUT2D eigenvalue weighted by molar-refractivity contribution is 7.25. The lowest BCUT2D eigenvalue weighted by Crippen LogP contribution is -2.25. The summed E-state index contributed by atoms with van der Waals surface area (Å²) in [6.07, 6.45) is 0. The van der Waals surface area contributed by atoms with Crippen molar-refractivity contribution < 1.29 is 4.42 Å². The fourth-order valence-corrected chi connectivity index (χ4v) is 9.53. The van der Waals surface area contributed by atoms with Crippen LogP contribution in [0.5, 0.6) is 0 Å². The predicted molar refractivity (Wildman–Crippen MR) is 188 cm³/mol. The van der Waals surface area contributed by atoms with Crippen molar-refractivity contribution >= 4 is 53.4 Å². The zero-order chi connectivity index (χ0) is 29.3. The van der Waals surface area contributed by atoms with Crippen LogP contribution in [0.25, 0.3) is 75.5 Å². The van der Waals surface area contributed by atoms with Crippen LogP contribution in [-0.4, -0.2) is 0 Å². The molecule has 0 saturated carbocycles. The van der Waals surface area contributed by atoms with Crippen LogP contribution < -0.4 is 0 Å². The predicted octanol–water partition coefficient (Wildman–Crippen LogP) is 12.0. The number of furan rings is 1. The van der Waals surface area contributed by atoms with Gasteiger partial charge >= 0.3 is 0 Å². The first-order valence-electron chi connectivity index (χ1n) is 15.5. The average Bonchev–Trinajstić information content (AvgIpc) is 3.81. The minimum atomic E-state index is -0.365. The van der Waals surface area contributed by atoms with E-state index in [2.05, 4.69) is 146 Å². The van der Waals surface area contributed by atoms with Crippen LogP contribution in [0.15, 0.2) is 150 Å². The lowest BCUT2D eigenvalue weighted by molar-refractivity contribution is 0.666. The highest BCUT2D eigenvalue weighted by Crippen LogP contribution is 2.63. The van der Waals surface area contributed by atoms with Crippen LogP contribution in [0.4, 0.5) is 0 Å². The van der Waals surface area contributed by atoms with Gasteiger partial charge in [-0.2, -0.15) is 0 Å². The Bertz CT molecular complexity index is 2670. The SMILES string of the molecule is c1ccc2c(c1)-c1ccccc1C21c2ccccc2-c2cc3c(cc21)oc1ccc(-c2ccc4sc5ccccc5c4c2)cc13. The van der Waals surface area contributed by atoms with E-state index in [1.807, 2.05) is 11.3 Å². The van der Waals surface area contributed by atoms with E-state index in [9.17, 15) is 0 Å². The largest absolute Gasteiger partial charge is 0.456 e. The fourth-order valence-electron chi connectivity index (χ4n) is 8.45. The number of fused-ring (bicyclic) bond motifs is 16. The first-order chi connectivity index (χ1) is 22.3. The highest BCUT2D eigenvalue weighted by atomic mass is 32.1. The second-order valence-corrected chi connectivity index (χ2v) is 13.5. The summed E-state index contributed by atoms with van der Waals surface area (Å²) in [6, 6.07) is 53.9. The second-order valence-electron chi connectivity index (χ2n) is 12.4. The summed E-state index contributed by atoms with van der Waals surface area (Å²) in [6.45, 7) is 0. The van der Waals surface area contributed by atoms with Crippen LogP contribution in [0, 0.1) is 0 Å². The number of thiophene rings is 1. The van der Waals surface area contributed by atoms with E-state index >= 15 is 0 Å². The van der Waals surface area contributed by atoms with Gasteiger partial charge in [-0.05, 0) is 98.1 Å². The van der Waals surface area contributed by atoms with Crippen molar-refractivity contribution in [1.29, 1.82) is 0 Å². The van der Waals surface area contributed by atoms with Crippen molar-refractivity contribution in [3.05, 3.63) is 168 Å². The molecule has 0 N–H and O–H groups in total. The highest BCUT2D eigenvalue weighted by Gasteiger charge is 2.51. The van der Waals surface area contributed by atoms with E-state index in [0.29, 0.717) is 0 Å². The lowest BCUT2D eigenvalue weighted by Gasteiger charge is -2.30. The van der Waals surface area contributed by atoms with Gasteiger partial charge in [0.25, 0.3) is 0 Å². The van der Waals surface area contributed by atoms with Gasteiger partial charge in [-0.15, -0.1) is 11.3 Å². The zero-order valence-corrected chi connectivity index (χ0v) is 25.0. The van der Waals surface area contributed by atoms with Crippen molar-refractivity contribution in [1.82, 2.24) is 0 Å². The van der Waals surface area contributed by atoms with E-state index in [4.69, 9.17) is 4.42 Å². The van der Waals surface area contributed by atoms with Gasteiger partial charge < -0.3 is 4.42 Å². The molecule has 0 bridgehead atoms. The topological polar surface area (TPSA) is 13.1 Å². The Balaban J connectivity index is 1.17. The smallest absolute Gasteiger partial charge is 0.135 e. The van der Waals surface area contributed by atoms with Gasteiger partial charge in [0.1, 0.15) is 11.2 Å². The van der Waals surface area contributed by atoms with Crippen molar-refractivity contribution in [3.8, 4) is 33.4 Å². The first kappa shape index (κ1) is 23.9. The van der Waals surface area contributed by atoms with Crippen LogP contribution in [-0.2, 0) is 5.41 Å². The molecule has 2 heterocycles. The van der Waals surface area contributed by atoms with E-state index in [0.717, 1.165) is 16.6 Å². The van der Waals surface area contributed by atoms with E-state index in [1.54, 1.807) is 0 Å². The van der Waals surface area contributed by atoms with Crippen LogP contribution in [0.1, 0.15) is 22.3 Å². The zero-order valence-electron chi connectivity index (χ0n) is 24.2. The van der Waals surface area contributed by atoms with Crippen LogP contribution >= 0.6 is 11.3 Å². The Kier molecular flexibility index (Phi) is 4.46. The molecule has 11 rings (SSSR count). The summed E-state index contributed by atoms with van der Waals surface area (Å²) >= 11 is 1.86. The third-order valence-corrected chi connectivity index (χ3v) is 11.4. The third kappa shape index (κ3) is 2.93. The molecule has 0 unspecified atom stereocenters. The Morgan fingerprint density at radius 3 is 1.67 bits per heavy atom. The molecular formula is C43H24OS. The maximum Gasteiger partial charge on any atom is 0.135 e. The monoisotopic (exact) mass is 588 g/mol. The number of hydrogen-bond donors (Lipinski definition) is 0. The molecule has 0 saturated heterocycles. The molecule has 208 valence electrons. The molecule has 9 aromatic rings. The Morgan fingerprint density at radius 1 is 0.378 bits per heavy atom. The molecule has 7 aromatic carbocycles. The lowest BCUT2D eigenvalue weighted by atomic mass is 9.70. The Morgan fingerprint density at radius 2 is 0.933 bits per heavy atom. The molecule has 1 nitrogen and oxygen atoms in total. The third-order valence-electron chi connectivity index (χ3n) is 10.3. The van der Waals surface area contributed by atoms with Crippen molar-refractivity contribution in [3.63, 3.8) is 0 Å². The molecule has 2 aliphatic rings. The Hall–Kier alpha value is -5.44. The van der Waals surface area contributed by atoms with Crippen molar-refractivity contribution in [2.45, 2.75) is 5.41 Å². The molecule has 45 heavy (non-hydrogen) atoms. The van der Waals surface area contributed by atoms with Gasteiger partial charge in [0.15, 0.2) is 0 Å². The Labute approximate surface area is 263 Å². The fraction of sp³-hybridized carbons (Fsp3) is 0.0233. The van der Waals surface area contributed by atoms with E-state index in [-0.39, 0.29) is 5.41 Å². The van der Waals surface area contributed by atoms with Crippen LogP contribution in [0.2, 0.25) is 0 Å². The van der Waals surface area contributed by atoms with Gasteiger partial charge in [-0.1, -0.05) is 103 Å². The normalized spacial score (nSPS) is 14.0. The summed E-state index contributed by atoms with van der Waals surface area (Å²) in [7, 11) is 0. The molecule has 0 fully saturated rings. The molecule has 2 aromatic heterocycles. The molecule has 0 amide bonds. The molecule has 0 radical (unpaired) electrons. The average molecular weight is 589 g/mol. The minimum Gasteiger partial charge on any atom is -0.456 e.